The molecule has 0 radical (unpaired) electrons. The molecule has 6 rings (SSSR count). The van der Waals surface area contributed by atoms with Crippen LogP contribution >= 0.6 is 11.6 Å². The summed E-state index contributed by atoms with van der Waals surface area (Å²) in [5.74, 6) is 1.70. The predicted octanol–water partition coefficient (Wildman–Crippen LogP) is 4.89. The summed E-state index contributed by atoms with van der Waals surface area (Å²) in [6, 6.07) is 12.5. The first-order chi connectivity index (χ1) is 13.6. The molecule has 4 aliphatic carbocycles. The highest BCUT2D eigenvalue weighted by Gasteiger charge is 2.79. The Labute approximate surface area is 170 Å². The zero-order chi connectivity index (χ0) is 19.0. The maximum Gasteiger partial charge on any atom is 0.227 e. The summed E-state index contributed by atoms with van der Waals surface area (Å²) in [7, 11) is 0. The summed E-state index contributed by atoms with van der Waals surface area (Å²) >= 11 is 6.15. The van der Waals surface area contributed by atoms with Gasteiger partial charge in [-0.05, 0) is 96.6 Å². The second-order valence-electron chi connectivity index (χ2n) is 9.82. The van der Waals surface area contributed by atoms with E-state index >= 15 is 0 Å². The van der Waals surface area contributed by atoms with E-state index in [1.807, 2.05) is 24.3 Å². The van der Waals surface area contributed by atoms with E-state index in [-0.39, 0.29) is 16.2 Å². The first-order valence-electron chi connectivity index (χ1n) is 10.5. The van der Waals surface area contributed by atoms with Crippen LogP contribution in [-0.4, -0.2) is 10.9 Å². The second-order valence-corrected chi connectivity index (χ2v) is 10.3. The fraction of sp³-hybridized carbons (Fsp3) is 0.500. The number of benzene rings is 1. The summed E-state index contributed by atoms with van der Waals surface area (Å²) < 4.78 is 0. The SMILES string of the molecule is O=C(NCc1ccncc1)C12CC3CC4(c5ccc(Cl)cc5)CC(C1)C2(C3)C4. The van der Waals surface area contributed by atoms with Crippen molar-refractivity contribution in [3.63, 3.8) is 0 Å². The largest absolute Gasteiger partial charge is 0.352 e. The van der Waals surface area contributed by atoms with Crippen molar-refractivity contribution < 1.29 is 4.79 Å². The molecule has 144 valence electrons. The molecule has 4 aliphatic rings. The van der Waals surface area contributed by atoms with Crippen molar-refractivity contribution in [1.82, 2.24) is 10.3 Å². The van der Waals surface area contributed by atoms with Gasteiger partial charge in [0.05, 0.1) is 5.41 Å². The van der Waals surface area contributed by atoms with Crippen molar-refractivity contribution in [2.75, 3.05) is 0 Å². The predicted molar refractivity (Wildman–Crippen MR) is 109 cm³/mol. The van der Waals surface area contributed by atoms with E-state index in [0.717, 1.165) is 23.4 Å². The molecule has 3 nitrogen and oxygen atoms in total. The molecule has 28 heavy (non-hydrogen) atoms. The summed E-state index contributed by atoms with van der Waals surface area (Å²) in [5.41, 5.74) is 2.94. The first kappa shape index (κ1) is 17.0. The number of nitrogens with one attached hydrogen (secondary N) is 1. The van der Waals surface area contributed by atoms with E-state index in [9.17, 15) is 4.79 Å². The lowest BCUT2D eigenvalue weighted by atomic mass is 9.46. The molecule has 1 aromatic carbocycles. The van der Waals surface area contributed by atoms with E-state index in [4.69, 9.17) is 11.6 Å². The molecule has 4 fully saturated rings. The van der Waals surface area contributed by atoms with Gasteiger partial charge in [-0.25, -0.2) is 0 Å². The quantitative estimate of drug-likeness (QED) is 0.804. The molecule has 1 amide bonds. The number of amides is 1. The fourth-order valence-corrected chi connectivity index (χ4v) is 7.99. The van der Waals surface area contributed by atoms with Gasteiger partial charge in [0, 0.05) is 24.0 Å². The van der Waals surface area contributed by atoms with Crippen LogP contribution in [0.25, 0.3) is 0 Å². The standard InChI is InChI=1S/C24H25ClN2O/c25-20-3-1-18(2-4-20)22-9-17-10-23(13-19(12-22)24(23,11-17)15-22)21(28)27-14-16-5-7-26-8-6-16/h1-8,17,19H,9-15H2,(H,27,28). The topological polar surface area (TPSA) is 42.0 Å². The van der Waals surface area contributed by atoms with Gasteiger partial charge < -0.3 is 5.32 Å². The zero-order valence-electron chi connectivity index (χ0n) is 16.0. The molecule has 0 saturated heterocycles. The number of halogens is 1. The van der Waals surface area contributed by atoms with Crippen LogP contribution in [0.5, 0.6) is 0 Å². The first-order valence-corrected chi connectivity index (χ1v) is 10.9. The highest BCUT2D eigenvalue weighted by Crippen LogP contribution is 2.83. The molecule has 1 spiro atoms. The summed E-state index contributed by atoms with van der Waals surface area (Å²) in [6.45, 7) is 0.608. The maximum absolute atomic E-state index is 13.4. The van der Waals surface area contributed by atoms with Gasteiger partial charge in [0.1, 0.15) is 0 Å². The maximum atomic E-state index is 13.4. The normalized spacial score (nSPS) is 39.5. The number of hydrogen-bond donors (Lipinski definition) is 1. The summed E-state index contributed by atoms with van der Waals surface area (Å²) in [5, 5.41) is 4.09. The number of hydrogen-bond acceptors (Lipinski definition) is 2. The van der Waals surface area contributed by atoms with Gasteiger partial charge in [-0.15, -0.1) is 0 Å². The number of rotatable bonds is 4. The molecule has 5 atom stereocenters. The lowest BCUT2D eigenvalue weighted by molar-refractivity contribution is -0.161. The van der Waals surface area contributed by atoms with E-state index in [2.05, 4.69) is 22.4 Å². The molecule has 1 N–H and O–H groups in total. The van der Waals surface area contributed by atoms with Crippen molar-refractivity contribution >= 4 is 17.5 Å². The van der Waals surface area contributed by atoms with Gasteiger partial charge in [0.15, 0.2) is 0 Å². The van der Waals surface area contributed by atoms with Gasteiger partial charge in [-0.2, -0.15) is 0 Å². The smallest absolute Gasteiger partial charge is 0.227 e. The van der Waals surface area contributed by atoms with E-state index in [1.54, 1.807) is 12.4 Å². The van der Waals surface area contributed by atoms with Crippen LogP contribution in [0.15, 0.2) is 48.8 Å². The third-order valence-electron chi connectivity index (χ3n) is 8.68. The molecule has 5 unspecified atom stereocenters. The lowest BCUT2D eigenvalue weighted by Gasteiger charge is -2.57. The highest BCUT2D eigenvalue weighted by atomic mass is 35.5. The number of aromatic nitrogens is 1. The molecule has 4 saturated carbocycles. The van der Waals surface area contributed by atoms with Crippen LogP contribution in [0, 0.1) is 22.7 Å². The van der Waals surface area contributed by atoms with Crippen molar-refractivity contribution in [3.8, 4) is 0 Å². The minimum absolute atomic E-state index is 0.125. The van der Waals surface area contributed by atoms with Crippen LogP contribution in [-0.2, 0) is 16.8 Å². The van der Waals surface area contributed by atoms with Gasteiger partial charge in [-0.1, -0.05) is 23.7 Å². The Balaban J connectivity index is 1.29. The van der Waals surface area contributed by atoms with Crippen molar-refractivity contribution in [1.29, 1.82) is 0 Å². The van der Waals surface area contributed by atoms with Gasteiger partial charge in [-0.3, -0.25) is 9.78 Å². The highest BCUT2D eigenvalue weighted by molar-refractivity contribution is 6.30. The van der Waals surface area contributed by atoms with Crippen LogP contribution < -0.4 is 5.32 Å². The third kappa shape index (κ3) is 2.06. The third-order valence-corrected chi connectivity index (χ3v) is 8.94. The Kier molecular flexibility index (Phi) is 3.40. The lowest BCUT2D eigenvalue weighted by Crippen LogP contribution is -2.59. The van der Waals surface area contributed by atoms with Crippen molar-refractivity contribution in [2.45, 2.75) is 50.5 Å². The Hall–Kier alpha value is -1.87. The number of carbonyl (C=O) groups excluding carboxylic acids is 1. The average molecular weight is 393 g/mol. The van der Waals surface area contributed by atoms with Crippen molar-refractivity contribution in [3.05, 3.63) is 64.9 Å². The Morgan fingerprint density at radius 3 is 2.61 bits per heavy atom. The van der Waals surface area contributed by atoms with Gasteiger partial charge in [0.25, 0.3) is 0 Å². The van der Waals surface area contributed by atoms with Gasteiger partial charge >= 0.3 is 0 Å². The second kappa shape index (κ2) is 5.60. The molecule has 4 heteroatoms. The van der Waals surface area contributed by atoms with E-state index in [1.165, 1.54) is 31.2 Å². The Bertz CT molecular complexity index is 941. The molecule has 0 aliphatic heterocycles. The molecular weight excluding hydrogens is 368 g/mol. The van der Waals surface area contributed by atoms with Crippen LogP contribution in [0.2, 0.25) is 5.02 Å². The fourth-order valence-electron chi connectivity index (χ4n) is 7.87. The Morgan fingerprint density at radius 2 is 1.82 bits per heavy atom. The Morgan fingerprint density at radius 1 is 1.04 bits per heavy atom. The average Bonchev–Trinajstić information content (AvgIpc) is 3.01. The van der Waals surface area contributed by atoms with E-state index in [0.29, 0.717) is 24.3 Å². The number of nitrogens with zero attached hydrogens (tertiary/aromatic N) is 1. The van der Waals surface area contributed by atoms with Crippen molar-refractivity contribution in [2.24, 2.45) is 22.7 Å². The molecule has 3 bridgehead atoms. The van der Waals surface area contributed by atoms with Gasteiger partial charge in [0.2, 0.25) is 5.91 Å². The van der Waals surface area contributed by atoms with E-state index < -0.39 is 0 Å². The monoisotopic (exact) mass is 392 g/mol. The molecular formula is C24H25ClN2O. The van der Waals surface area contributed by atoms with Crippen LogP contribution in [0.4, 0.5) is 0 Å². The number of carbonyl (C=O) groups is 1. The minimum atomic E-state index is -0.125. The molecule has 2 aromatic rings. The summed E-state index contributed by atoms with van der Waals surface area (Å²) in [6.07, 6.45) is 10.7. The summed E-state index contributed by atoms with van der Waals surface area (Å²) in [4.78, 5) is 17.5. The van der Waals surface area contributed by atoms with Crippen LogP contribution in [0.1, 0.15) is 49.7 Å². The molecule has 1 heterocycles. The number of pyridine rings is 1. The minimum Gasteiger partial charge on any atom is -0.352 e. The van der Waals surface area contributed by atoms with Crippen LogP contribution in [0.3, 0.4) is 0 Å². The number of fused-ring (bicyclic) bond motifs is 2. The molecule has 1 aromatic heterocycles. The zero-order valence-corrected chi connectivity index (χ0v) is 16.7.